The van der Waals surface area contributed by atoms with E-state index in [1.807, 2.05) is 38.2 Å². The monoisotopic (exact) mass is 415 g/mol. The van der Waals surface area contributed by atoms with Gasteiger partial charge in [-0.15, -0.1) is 0 Å². The summed E-state index contributed by atoms with van der Waals surface area (Å²) in [5.41, 5.74) is 1.79. The zero-order valence-corrected chi connectivity index (χ0v) is 17.9. The Labute approximate surface area is 173 Å². The predicted molar refractivity (Wildman–Crippen MR) is 113 cm³/mol. The van der Waals surface area contributed by atoms with E-state index in [-0.39, 0.29) is 5.91 Å². The molecule has 6 nitrogen and oxygen atoms in total. The molecule has 0 atom stereocenters. The minimum atomic E-state index is -3.44. The molecule has 2 heterocycles. The van der Waals surface area contributed by atoms with Crippen LogP contribution >= 0.6 is 0 Å². The summed E-state index contributed by atoms with van der Waals surface area (Å²) in [6.07, 6.45) is 6.38. The molecule has 1 aromatic heterocycles. The molecule has 1 amide bonds. The molecule has 7 heteroatoms. The van der Waals surface area contributed by atoms with Crippen LogP contribution < -0.4 is 0 Å². The average Bonchev–Trinajstić information content (AvgIpc) is 2.73. The van der Waals surface area contributed by atoms with Crippen molar-refractivity contribution in [3.8, 4) is 0 Å². The van der Waals surface area contributed by atoms with Gasteiger partial charge in [0.05, 0.1) is 4.90 Å². The van der Waals surface area contributed by atoms with E-state index in [0.717, 1.165) is 30.4 Å². The van der Waals surface area contributed by atoms with Crippen LogP contribution in [0.5, 0.6) is 0 Å². The van der Waals surface area contributed by atoms with Crippen molar-refractivity contribution in [3.63, 3.8) is 0 Å². The second-order valence-corrected chi connectivity index (χ2v) is 9.67. The first-order valence-electron chi connectivity index (χ1n) is 10.1. The largest absolute Gasteiger partial charge is 0.341 e. The number of nitrogens with zero attached hydrogens (tertiary/aromatic N) is 3. The summed E-state index contributed by atoms with van der Waals surface area (Å²) in [7, 11) is -1.63. The zero-order chi connectivity index (χ0) is 20.9. The highest BCUT2D eigenvalue weighted by atomic mass is 32.2. The van der Waals surface area contributed by atoms with Crippen LogP contribution in [0.15, 0.2) is 53.7 Å². The van der Waals surface area contributed by atoms with Gasteiger partial charge < -0.3 is 4.90 Å². The molecular weight excluding hydrogens is 386 g/mol. The maximum atomic E-state index is 12.9. The molecule has 0 spiro atoms. The molecular formula is C22H29N3O3S. The lowest BCUT2D eigenvalue weighted by molar-refractivity contribution is -0.130. The summed E-state index contributed by atoms with van der Waals surface area (Å²) in [4.78, 5) is 18.6. The molecule has 1 aliphatic heterocycles. The molecule has 0 unspecified atom stereocenters. The highest BCUT2D eigenvalue weighted by Crippen LogP contribution is 2.27. The fourth-order valence-electron chi connectivity index (χ4n) is 3.80. The normalized spacial score (nSPS) is 15.9. The Morgan fingerprint density at radius 1 is 1.17 bits per heavy atom. The number of hydrogen-bond acceptors (Lipinski definition) is 4. The third kappa shape index (κ3) is 5.42. The van der Waals surface area contributed by atoms with Gasteiger partial charge in [0, 0.05) is 45.5 Å². The lowest BCUT2D eigenvalue weighted by Gasteiger charge is -2.31. The van der Waals surface area contributed by atoms with Gasteiger partial charge in [0.15, 0.2) is 0 Å². The number of carbonyl (C=O) groups excluding carboxylic acids is 1. The van der Waals surface area contributed by atoms with Gasteiger partial charge in [-0.25, -0.2) is 8.42 Å². The van der Waals surface area contributed by atoms with Crippen molar-refractivity contribution in [2.75, 3.05) is 20.1 Å². The second-order valence-electron chi connectivity index (χ2n) is 7.76. The number of pyridine rings is 1. The van der Waals surface area contributed by atoms with Crippen LogP contribution in [0.25, 0.3) is 0 Å². The Hall–Kier alpha value is -2.25. The fraction of sp³-hybridized carbons (Fsp3) is 0.455. The van der Waals surface area contributed by atoms with Crippen LogP contribution in [0, 0.1) is 12.8 Å². The number of amides is 1. The average molecular weight is 416 g/mol. The third-order valence-electron chi connectivity index (χ3n) is 5.62. The van der Waals surface area contributed by atoms with E-state index in [1.54, 1.807) is 33.7 Å². The number of sulfonamides is 1. The SMILES string of the molecule is Cc1ccccc1S(=O)(=O)N1CCC(CCC(=O)N(C)Cc2cccnc2)CC1. The first-order valence-corrected chi connectivity index (χ1v) is 11.5. The summed E-state index contributed by atoms with van der Waals surface area (Å²) in [5, 5.41) is 0. The Bertz CT molecular complexity index is 923. The van der Waals surface area contributed by atoms with Gasteiger partial charge in [-0.2, -0.15) is 4.31 Å². The van der Waals surface area contributed by atoms with E-state index < -0.39 is 10.0 Å². The Morgan fingerprint density at radius 3 is 2.55 bits per heavy atom. The number of aryl methyl sites for hydroxylation is 1. The summed E-state index contributed by atoms with van der Waals surface area (Å²) in [6, 6.07) is 10.9. The van der Waals surface area contributed by atoms with Crippen molar-refractivity contribution in [1.29, 1.82) is 0 Å². The molecule has 0 N–H and O–H groups in total. The molecule has 1 fully saturated rings. The second kappa shape index (κ2) is 9.50. The van der Waals surface area contributed by atoms with Gasteiger partial charge in [0.25, 0.3) is 0 Å². The van der Waals surface area contributed by atoms with Crippen LogP contribution in [0.4, 0.5) is 0 Å². The van der Waals surface area contributed by atoms with E-state index in [1.165, 1.54) is 0 Å². The topological polar surface area (TPSA) is 70.6 Å². The molecule has 3 rings (SSSR count). The Kier molecular flexibility index (Phi) is 7.03. The van der Waals surface area contributed by atoms with Crippen molar-refractivity contribution in [3.05, 3.63) is 59.9 Å². The van der Waals surface area contributed by atoms with Gasteiger partial charge in [0.1, 0.15) is 0 Å². The van der Waals surface area contributed by atoms with E-state index in [4.69, 9.17) is 0 Å². The summed E-state index contributed by atoms with van der Waals surface area (Å²) in [6.45, 7) is 3.41. The molecule has 0 saturated carbocycles. The minimum absolute atomic E-state index is 0.115. The minimum Gasteiger partial charge on any atom is -0.341 e. The molecule has 1 saturated heterocycles. The molecule has 29 heavy (non-hydrogen) atoms. The first-order chi connectivity index (χ1) is 13.9. The molecule has 0 aliphatic carbocycles. The van der Waals surface area contributed by atoms with Crippen LogP contribution in [0.3, 0.4) is 0 Å². The van der Waals surface area contributed by atoms with Crippen molar-refractivity contribution < 1.29 is 13.2 Å². The van der Waals surface area contributed by atoms with Gasteiger partial charge in [-0.1, -0.05) is 24.3 Å². The fourth-order valence-corrected chi connectivity index (χ4v) is 5.49. The van der Waals surface area contributed by atoms with Gasteiger partial charge in [-0.05, 0) is 55.4 Å². The maximum Gasteiger partial charge on any atom is 0.243 e. The predicted octanol–water partition coefficient (Wildman–Crippen LogP) is 3.23. The zero-order valence-electron chi connectivity index (χ0n) is 17.1. The number of piperidine rings is 1. The van der Waals surface area contributed by atoms with Crippen LogP contribution in [0.2, 0.25) is 0 Å². The highest BCUT2D eigenvalue weighted by molar-refractivity contribution is 7.89. The van der Waals surface area contributed by atoms with E-state index >= 15 is 0 Å². The highest BCUT2D eigenvalue weighted by Gasteiger charge is 2.30. The quantitative estimate of drug-likeness (QED) is 0.696. The van der Waals surface area contributed by atoms with Crippen molar-refractivity contribution >= 4 is 15.9 Å². The Morgan fingerprint density at radius 2 is 1.90 bits per heavy atom. The summed E-state index contributed by atoms with van der Waals surface area (Å²) < 4.78 is 27.4. The standard InChI is InChI=1S/C22H29N3O3S/c1-18-6-3-4-8-21(18)29(27,28)25-14-11-19(12-15-25)9-10-22(26)24(2)17-20-7-5-13-23-16-20/h3-8,13,16,19H,9-12,14-15,17H2,1-2H3. The number of hydrogen-bond donors (Lipinski definition) is 0. The number of aromatic nitrogens is 1. The molecule has 0 bridgehead atoms. The summed E-state index contributed by atoms with van der Waals surface area (Å²) in [5.74, 6) is 0.498. The van der Waals surface area contributed by atoms with Crippen LogP contribution in [-0.2, 0) is 21.4 Å². The van der Waals surface area contributed by atoms with Crippen molar-refractivity contribution in [2.45, 2.75) is 44.0 Å². The molecule has 1 aromatic carbocycles. The van der Waals surface area contributed by atoms with Crippen molar-refractivity contribution in [1.82, 2.24) is 14.2 Å². The van der Waals surface area contributed by atoms with E-state index in [0.29, 0.717) is 36.9 Å². The van der Waals surface area contributed by atoms with Gasteiger partial charge in [0.2, 0.25) is 15.9 Å². The van der Waals surface area contributed by atoms with Crippen LogP contribution in [0.1, 0.15) is 36.8 Å². The smallest absolute Gasteiger partial charge is 0.243 e. The molecule has 0 radical (unpaired) electrons. The van der Waals surface area contributed by atoms with E-state index in [9.17, 15) is 13.2 Å². The van der Waals surface area contributed by atoms with E-state index in [2.05, 4.69) is 4.98 Å². The van der Waals surface area contributed by atoms with Gasteiger partial charge in [-0.3, -0.25) is 9.78 Å². The Balaban J connectivity index is 1.47. The molecule has 1 aliphatic rings. The van der Waals surface area contributed by atoms with Crippen molar-refractivity contribution in [2.24, 2.45) is 5.92 Å². The number of benzene rings is 1. The lowest BCUT2D eigenvalue weighted by Crippen LogP contribution is -2.39. The maximum absolute atomic E-state index is 12.9. The lowest BCUT2D eigenvalue weighted by atomic mass is 9.93. The van der Waals surface area contributed by atoms with Gasteiger partial charge >= 0.3 is 0 Å². The summed E-state index contributed by atoms with van der Waals surface area (Å²) >= 11 is 0. The molecule has 2 aromatic rings. The number of carbonyl (C=O) groups is 1. The van der Waals surface area contributed by atoms with Crippen LogP contribution in [-0.4, -0.2) is 48.7 Å². The molecule has 156 valence electrons. The number of rotatable bonds is 7. The third-order valence-corrected chi connectivity index (χ3v) is 7.68. The first kappa shape index (κ1) is 21.5.